The van der Waals surface area contributed by atoms with Gasteiger partial charge in [-0.25, -0.2) is 0 Å². The zero-order valence-electron chi connectivity index (χ0n) is 10.9. The highest BCUT2D eigenvalue weighted by atomic mass is 16.5. The third-order valence-corrected chi connectivity index (χ3v) is 3.33. The summed E-state index contributed by atoms with van der Waals surface area (Å²) in [4.78, 5) is 11.8. The first-order valence-electron chi connectivity index (χ1n) is 6.51. The molecule has 0 spiro atoms. The van der Waals surface area contributed by atoms with Crippen molar-refractivity contribution in [3.05, 3.63) is 0 Å². The Hall–Kier alpha value is -1.30. The van der Waals surface area contributed by atoms with Crippen molar-refractivity contribution in [1.82, 2.24) is 5.32 Å². The number of nitrogens with two attached hydrogens (primary N) is 1. The van der Waals surface area contributed by atoms with Crippen molar-refractivity contribution in [2.45, 2.75) is 51.0 Å². The highest BCUT2D eigenvalue weighted by molar-refractivity contribution is 5.94. The molecule has 0 unspecified atom stereocenters. The van der Waals surface area contributed by atoms with E-state index in [0.29, 0.717) is 26.1 Å². The van der Waals surface area contributed by atoms with Gasteiger partial charge in [-0.1, -0.05) is 18.0 Å². The molecular formula is C12H23N3O3. The van der Waals surface area contributed by atoms with Crippen molar-refractivity contribution >= 4 is 11.7 Å². The van der Waals surface area contributed by atoms with Crippen LogP contribution in [0.3, 0.4) is 0 Å². The van der Waals surface area contributed by atoms with Gasteiger partial charge < -0.3 is 21.0 Å². The van der Waals surface area contributed by atoms with E-state index in [-0.39, 0.29) is 11.7 Å². The molecular weight excluding hydrogens is 234 g/mol. The van der Waals surface area contributed by atoms with E-state index in [2.05, 4.69) is 10.5 Å². The minimum absolute atomic E-state index is 0.0665. The Kier molecular flexibility index (Phi) is 5.91. The SMILES string of the molecule is CCOCCCC(=O)NC1(C(N)=NO)CCCC1. The predicted molar refractivity (Wildman–Crippen MR) is 68.5 cm³/mol. The van der Waals surface area contributed by atoms with Crippen LogP contribution in [0.4, 0.5) is 0 Å². The lowest BCUT2D eigenvalue weighted by atomic mass is 9.95. The molecule has 1 saturated carbocycles. The van der Waals surface area contributed by atoms with Gasteiger partial charge in [0.2, 0.25) is 5.91 Å². The summed E-state index contributed by atoms with van der Waals surface area (Å²) < 4.78 is 5.18. The normalized spacial score (nSPS) is 18.8. The van der Waals surface area contributed by atoms with Gasteiger partial charge in [0, 0.05) is 19.6 Å². The number of nitrogens with one attached hydrogen (secondary N) is 1. The second-order valence-electron chi connectivity index (χ2n) is 4.62. The maximum atomic E-state index is 11.8. The van der Waals surface area contributed by atoms with Crippen LogP contribution >= 0.6 is 0 Å². The fraction of sp³-hybridized carbons (Fsp3) is 0.833. The Morgan fingerprint density at radius 1 is 1.50 bits per heavy atom. The number of ether oxygens (including phenoxy) is 1. The number of hydrogen-bond donors (Lipinski definition) is 3. The monoisotopic (exact) mass is 257 g/mol. The molecule has 6 heteroatoms. The number of carbonyl (C=O) groups excluding carboxylic acids is 1. The van der Waals surface area contributed by atoms with Crippen LogP contribution in [0.15, 0.2) is 5.16 Å². The highest BCUT2D eigenvalue weighted by Crippen LogP contribution is 2.30. The molecule has 0 aromatic rings. The van der Waals surface area contributed by atoms with Crippen LogP contribution in [0.25, 0.3) is 0 Å². The summed E-state index contributed by atoms with van der Waals surface area (Å²) in [5, 5.41) is 14.8. The van der Waals surface area contributed by atoms with E-state index < -0.39 is 5.54 Å². The number of amidine groups is 1. The lowest BCUT2D eigenvalue weighted by Gasteiger charge is -2.28. The topological polar surface area (TPSA) is 96.9 Å². The van der Waals surface area contributed by atoms with E-state index in [1.807, 2.05) is 6.92 Å². The van der Waals surface area contributed by atoms with E-state index in [1.165, 1.54) is 0 Å². The molecule has 0 aromatic heterocycles. The first-order chi connectivity index (χ1) is 8.64. The molecule has 18 heavy (non-hydrogen) atoms. The van der Waals surface area contributed by atoms with Crippen LogP contribution in [0.2, 0.25) is 0 Å². The second kappa shape index (κ2) is 7.20. The number of oxime groups is 1. The zero-order valence-corrected chi connectivity index (χ0v) is 10.9. The molecule has 1 amide bonds. The number of amides is 1. The van der Waals surface area contributed by atoms with E-state index in [0.717, 1.165) is 25.7 Å². The van der Waals surface area contributed by atoms with Gasteiger partial charge in [-0.05, 0) is 26.2 Å². The summed E-state index contributed by atoms with van der Waals surface area (Å²) in [6.45, 7) is 3.17. The van der Waals surface area contributed by atoms with Gasteiger partial charge in [0.1, 0.15) is 5.54 Å². The molecule has 0 bridgehead atoms. The van der Waals surface area contributed by atoms with Crippen molar-refractivity contribution in [1.29, 1.82) is 0 Å². The Labute approximate surface area is 108 Å². The van der Waals surface area contributed by atoms with E-state index in [9.17, 15) is 4.79 Å². The molecule has 104 valence electrons. The Balaban J connectivity index is 2.44. The Bertz CT molecular complexity index is 299. The zero-order chi connectivity index (χ0) is 13.4. The molecule has 4 N–H and O–H groups in total. The summed E-state index contributed by atoms with van der Waals surface area (Å²) in [7, 11) is 0. The third-order valence-electron chi connectivity index (χ3n) is 3.33. The molecule has 6 nitrogen and oxygen atoms in total. The molecule has 0 aliphatic heterocycles. The summed E-state index contributed by atoms with van der Waals surface area (Å²) in [5.74, 6) is 0.0429. The molecule has 1 rings (SSSR count). The van der Waals surface area contributed by atoms with Crippen LogP contribution in [0.5, 0.6) is 0 Å². The van der Waals surface area contributed by atoms with Crippen LogP contribution in [0.1, 0.15) is 45.4 Å². The maximum absolute atomic E-state index is 11.8. The average molecular weight is 257 g/mol. The summed E-state index contributed by atoms with van der Waals surface area (Å²) >= 11 is 0. The first-order valence-corrected chi connectivity index (χ1v) is 6.51. The molecule has 0 saturated heterocycles. The molecule has 1 aliphatic rings. The van der Waals surface area contributed by atoms with Crippen molar-refractivity contribution < 1.29 is 14.7 Å². The van der Waals surface area contributed by atoms with Crippen LogP contribution in [-0.2, 0) is 9.53 Å². The lowest BCUT2D eigenvalue weighted by molar-refractivity contribution is -0.122. The number of rotatable bonds is 7. The Morgan fingerprint density at radius 2 is 2.17 bits per heavy atom. The van der Waals surface area contributed by atoms with Gasteiger partial charge in [-0.2, -0.15) is 0 Å². The van der Waals surface area contributed by atoms with Gasteiger partial charge in [-0.3, -0.25) is 4.79 Å². The van der Waals surface area contributed by atoms with Crippen LogP contribution in [-0.4, -0.2) is 35.7 Å². The van der Waals surface area contributed by atoms with E-state index >= 15 is 0 Å². The van der Waals surface area contributed by atoms with Gasteiger partial charge in [0.15, 0.2) is 5.84 Å². The van der Waals surface area contributed by atoms with E-state index in [4.69, 9.17) is 15.7 Å². The second-order valence-corrected chi connectivity index (χ2v) is 4.62. The van der Waals surface area contributed by atoms with Crippen molar-refractivity contribution in [3.63, 3.8) is 0 Å². The van der Waals surface area contributed by atoms with Crippen molar-refractivity contribution in [2.24, 2.45) is 10.9 Å². The summed E-state index contributed by atoms with van der Waals surface area (Å²) in [5.41, 5.74) is 5.06. The molecule has 0 atom stereocenters. The number of nitrogens with zero attached hydrogens (tertiary/aromatic N) is 1. The average Bonchev–Trinajstić information content (AvgIpc) is 2.83. The van der Waals surface area contributed by atoms with Crippen LogP contribution < -0.4 is 11.1 Å². The molecule has 1 fully saturated rings. The van der Waals surface area contributed by atoms with Gasteiger partial charge >= 0.3 is 0 Å². The number of carbonyl (C=O) groups is 1. The first kappa shape index (κ1) is 14.8. The standard InChI is InChI=1S/C12H23N3O3/c1-2-18-9-5-6-10(16)14-12(11(13)15-17)7-3-4-8-12/h17H,2-9H2,1H3,(H2,13,15)(H,14,16). The predicted octanol–water partition coefficient (Wildman–Crippen LogP) is 0.979. The van der Waals surface area contributed by atoms with Crippen molar-refractivity contribution in [2.75, 3.05) is 13.2 Å². The minimum atomic E-state index is -0.641. The van der Waals surface area contributed by atoms with Gasteiger partial charge in [0.25, 0.3) is 0 Å². The van der Waals surface area contributed by atoms with Crippen molar-refractivity contribution in [3.8, 4) is 0 Å². The minimum Gasteiger partial charge on any atom is -0.409 e. The lowest BCUT2D eigenvalue weighted by Crippen LogP contribution is -2.55. The molecule has 0 heterocycles. The highest BCUT2D eigenvalue weighted by Gasteiger charge is 2.39. The summed E-state index contributed by atoms with van der Waals surface area (Å²) in [6, 6.07) is 0. The van der Waals surface area contributed by atoms with Gasteiger partial charge in [-0.15, -0.1) is 0 Å². The molecule has 0 aromatic carbocycles. The summed E-state index contributed by atoms with van der Waals surface area (Å²) in [6.07, 6.45) is 4.53. The fourth-order valence-corrected chi connectivity index (χ4v) is 2.33. The smallest absolute Gasteiger partial charge is 0.220 e. The fourth-order valence-electron chi connectivity index (χ4n) is 2.33. The number of hydrogen-bond acceptors (Lipinski definition) is 4. The maximum Gasteiger partial charge on any atom is 0.220 e. The van der Waals surface area contributed by atoms with E-state index in [1.54, 1.807) is 0 Å². The molecule has 1 aliphatic carbocycles. The van der Waals surface area contributed by atoms with Gasteiger partial charge in [0.05, 0.1) is 0 Å². The third kappa shape index (κ3) is 3.87. The quantitative estimate of drug-likeness (QED) is 0.208. The molecule has 0 radical (unpaired) electrons. The largest absolute Gasteiger partial charge is 0.409 e. The van der Waals surface area contributed by atoms with Crippen LogP contribution in [0, 0.1) is 0 Å². The Morgan fingerprint density at radius 3 is 2.72 bits per heavy atom.